The summed E-state index contributed by atoms with van der Waals surface area (Å²) < 4.78 is 7.69. The fourth-order valence-corrected chi connectivity index (χ4v) is 3.64. The Kier molecular flexibility index (Phi) is 5.92. The Bertz CT molecular complexity index is 1170. The second kappa shape index (κ2) is 8.93. The SMILES string of the molecule is O=[N+]([O-])c1ccc(Sc2nnc(COc3ccccc3Cl)n2-c2ccccc2)nc1. The number of halogens is 1. The van der Waals surface area contributed by atoms with Crippen LogP contribution in [0.4, 0.5) is 5.69 Å². The molecule has 0 bridgehead atoms. The van der Waals surface area contributed by atoms with Crippen molar-refractivity contribution in [2.75, 3.05) is 0 Å². The summed E-state index contributed by atoms with van der Waals surface area (Å²) >= 11 is 7.42. The van der Waals surface area contributed by atoms with E-state index in [9.17, 15) is 10.1 Å². The zero-order chi connectivity index (χ0) is 20.9. The third kappa shape index (κ3) is 4.42. The standard InChI is InChI=1S/C20H14ClN5O3S/c21-16-8-4-5-9-17(16)29-13-18-23-24-20(25(18)14-6-2-1-3-7-14)30-19-11-10-15(12-22-19)26(27)28/h1-12H,13H2. The van der Waals surface area contributed by atoms with Gasteiger partial charge in [0.1, 0.15) is 23.6 Å². The lowest BCUT2D eigenvalue weighted by molar-refractivity contribution is -0.385. The van der Waals surface area contributed by atoms with Crippen LogP contribution in [0.3, 0.4) is 0 Å². The van der Waals surface area contributed by atoms with E-state index in [4.69, 9.17) is 16.3 Å². The first-order chi connectivity index (χ1) is 14.6. The molecule has 0 fully saturated rings. The zero-order valence-electron chi connectivity index (χ0n) is 15.4. The van der Waals surface area contributed by atoms with Crippen molar-refractivity contribution in [3.8, 4) is 11.4 Å². The van der Waals surface area contributed by atoms with Gasteiger partial charge in [-0.25, -0.2) is 4.98 Å². The van der Waals surface area contributed by atoms with Crippen LogP contribution in [-0.2, 0) is 6.61 Å². The Labute approximate surface area is 180 Å². The average Bonchev–Trinajstić information content (AvgIpc) is 3.16. The lowest BCUT2D eigenvalue weighted by atomic mass is 10.3. The molecule has 150 valence electrons. The van der Waals surface area contributed by atoms with Crippen molar-refractivity contribution in [1.82, 2.24) is 19.7 Å². The molecule has 2 aromatic heterocycles. The van der Waals surface area contributed by atoms with Crippen molar-refractivity contribution in [1.29, 1.82) is 0 Å². The van der Waals surface area contributed by atoms with Gasteiger partial charge in [0.05, 0.1) is 9.95 Å². The molecule has 8 nitrogen and oxygen atoms in total. The maximum Gasteiger partial charge on any atom is 0.287 e. The number of aromatic nitrogens is 4. The molecule has 0 N–H and O–H groups in total. The van der Waals surface area contributed by atoms with Crippen LogP contribution in [0.2, 0.25) is 5.02 Å². The van der Waals surface area contributed by atoms with Crippen molar-refractivity contribution in [2.45, 2.75) is 16.8 Å². The van der Waals surface area contributed by atoms with Gasteiger partial charge in [0.25, 0.3) is 5.69 Å². The van der Waals surface area contributed by atoms with Gasteiger partial charge in [-0.05, 0) is 42.1 Å². The summed E-state index contributed by atoms with van der Waals surface area (Å²) in [6.45, 7) is 0.153. The molecular formula is C20H14ClN5O3S. The number of para-hydroxylation sites is 2. The lowest BCUT2D eigenvalue weighted by Gasteiger charge is -2.11. The molecule has 0 aliphatic heterocycles. The van der Waals surface area contributed by atoms with Gasteiger partial charge < -0.3 is 4.74 Å². The van der Waals surface area contributed by atoms with Crippen LogP contribution < -0.4 is 4.74 Å². The molecule has 2 heterocycles. The third-order valence-corrected chi connectivity index (χ3v) is 5.25. The number of hydrogen-bond donors (Lipinski definition) is 0. The summed E-state index contributed by atoms with van der Waals surface area (Å²) in [5.74, 6) is 1.12. The Hall–Kier alpha value is -3.43. The highest BCUT2D eigenvalue weighted by Gasteiger charge is 2.17. The summed E-state index contributed by atoms with van der Waals surface area (Å²) in [5.41, 5.74) is 0.780. The highest BCUT2D eigenvalue weighted by atomic mass is 35.5. The second-order valence-corrected chi connectivity index (χ2v) is 7.40. The summed E-state index contributed by atoms with van der Waals surface area (Å²) in [5, 5.41) is 21.0. The van der Waals surface area contributed by atoms with Crippen molar-refractivity contribution >= 4 is 29.1 Å². The van der Waals surface area contributed by atoms with E-state index in [1.54, 1.807) is 18.2 Å². The minimum atomic E-state index is -0.488. The molecule has 0 aliphatic carbocycles. The number of nitro groups is 1. The van der Waals surface area contributed by atoms with E-state index in [1.165, 1.54) is 24.0 Å². The number of rotatable bonds is 7. The van der Waals surface area contributed by atoms with Crippen molar-refractivity contribution in [3.63, 3.8) is 0 Å². The van der Waals surface area contributed by atoms with Crippen molar-refractivity contribution in [3.05, 3.63) is 93.9 Å². The summed E-state index contributed by atoms with van der Waals surface area (Å²) in [6.07, 6.45) is 1.22. The first-order valence-corrected chi connectivity index (χ1v) is 9.96. The van der Waals surface area contributed by atoms with Crippen LogP contribution in [0.25, 0.3) is 5.69 Å². The monoisotopic (exact) mass is 439 g/mol. The Morgan fingerprint density at radius 2 is 1.80 bits per heavy atom. The van der Waals surface area contributed by atoms with Gasteiger partial charge >= 0.3 is 0 Å². The maximum absolute atomic E-state index is 10.8. The molecule has 0 unspecified atom stereocenters. The van der Waals surface area contributed by atoms with Gasteiger partial charge in [-0.3, -0.25) is 14.7 Å². The zero-order valence-corrected chi connectivity index (χ0v) is 17.0. The van der Waals surface area contributed by atoms with Crippen LogP contribution >= 0.6 is 23.4 Å². The number of hydrogen-bond acceptors (Lipinski definition) is 7. The van der Waals surface area contributed by atoms with Gasteiger partial charge in [-0.2, -0.15) is 0 Å². The summed E-state index contributed by atoms with van der Waals surface area (Å²) in [7, 11) is 0. The minimum absolute atomic E-state index is 0.0716. The first kappa shape index (κ1) is 19.9. The summed E-state index contributed by atoms with van der Waals surface area (Å²) in [4.78, 5) is 14.5. The molecule has 0 saturated carbocycles. The average molecular weight is 440 g/mol. The van der Waals surface area contributed by atoms with E-state index in [0.29, 0.717) is 26.8 Å². The normalized spacial score (nSPS) is 10.7. The Balaban J connectivity index is 1.64. The predicted molar refractivity (Wildman–Crippen MR) is 112 cm³/mol. The van der Waals surface area contributed by atoms with E-state index >= 15 is 0 Å². The molecule has 4 rings (SSSR count). The maximum atomic E-state index is 10.8. The molecular weight excluding hydrogens is 426 g/mol. The van der Waals surface area contributed by atoms with Gasteiger partial charge in [-0.15, -0.1) is 10.2 Å². The van der Waals surface area contributed by atoms with Crippen LogP contribution in [-0.4, -0.2) is 24.7 Å². The quantitative estimate of drug-likeness (QED) is 0.296. The molecule has 30 heavy (non-hydrogen) atoms. The van der Waals surface area contributed by atoms with E-state index in [1.807, 2.05) is 47.0 Å². The van der Waals surface area contributed by atoms with Crippen LogP contribution in [0.15, 0.2) is 83.1 Å². The van der Waals surface area contributed by atoms with Gasteiger partial charge in [0, 0.05) is 11.8 Å². The van der Waals surface area contributed by atoms with Crippen LogP contribution in [0, 0.1) is 10.1 Å². The number of nitrogens with zero attached hydrogens (tertiary/aromatic N) is 5. The molecule has 0 amide bonds. The molecule has 0 radical (unpaired) electrons. The smallest absolute Gasteiger partial charge is 0.287 e. The molecule has 0 saturated heterocycles. The fourth-order valence-electron chi connectivity index (χ4n) is 2.63. The third-order valence-electron chi connectivity index (χ3n) is 4.04. The molecule has 0 aliphatic rings. The number of benzene rings is 2. The highest BCUT2D eigenvalue weighted by Crippen LogP contribution is 2.29. The molecule has 4 aromatic rings. The van der Waals surface area contributed by atoms with Gasteiger partial charge in [0.2, 0.25) is 5.16 Å². The first-order valence-electron chi connectivity index (χ1n) is 8.77. The molecule has 0 atom stereocenters. The Morgan fingerprint density at radius 3 is 2.50 bits per heavy atom. The topological polar surface area (TPSA) is 96.0 Å². The van der Waals surface area contributed by atoms with E-state index in [0.717, 1.165) is 5.69 Å². The fraction of sp³-hybridized carbons (Fsp3) is 0.0500. The van der Waals surface area contributed by atoms with Gasteiger partial charge in [0.15, 0.2) is 5.82 Å². The summed E-state index contributed by atoms with van der Waals surface area (Å²) in [6, 6.07) is 19.8. The van der Waals surface area contributed by atoms with E-state index in [2.05, 4.69) is 15.2 Å². The van der Waals surface area contributed by atoms with Gasteiger partial charge in [-0.1, -0.05) is 41.9 Å². The minimum Gasteiger partial charge on any atom is -0.484 e. The van der Waals surface area contributed by atoms with Crippen LogP contribution in [0.5, 0.6) is 5.75 Å². The lowest BCUT2D eigenvalue weighted by Crippen LogP contribution is -2.06. The Morgan fingerprint density at radius 1 is 1.03 bits per heavy atom. The largest absolute Gasteiger partial charge is 0.484 e. The molecule has 2 aromatic carbocycles. The van der Waals surface area contributed by atoms with E-state index < -0.39 is 4.92 Å². The number of ether oxygens (including phenoxy) is 1. The predicted octanol–water partition coefficient (Wildman–Crippen LogP) is 4.95. The molecule has 0 spiro atoms. The number of pyridine rings is 1. The molecule has 10 heteroatoms. The highest BCUT2D eigenvalue weighted by molar-refractivity contribution is 7.99. The second-order valence-electron chi connectivity index (χ2n) is 6.00. The van der Waals surface area contributed by atoms with Crippen LogP contribution in [0.1, 0.15) is 5.82 Å². The van der Waals surface area contributed by atoms with Crippen molar-refractivity contribution < 1.29 is 9.66 Å². The van der Waals surface area contributed by atoms with Crippen molar-refractivity contribution in [2.24, 2.45) is 0 Å². The van der Waals surface area contributed by atoms with E-state index in [-0.39, 0.29) is 12.3 Å².